The molecule has 92 valence electrons. The minimum absolute atomic E-state index is 0.316. The number of halogens is 2. The van der Waals surface area contributed by atoms with E-state index in [0.717, 1.165) is 9.35 Å². The second-order valence-corrected chi connectivity index (χ2v) is 5.53. The van der Waals surface area contributed by atoms with Crippen LogP contribution in [0.5, 0.6) is 0 Å². The number of thiophene rings is 1. The maximum atomic E-state index is 13.0. The van der Waals surface area contributed by atoms with Crippen molar-refractivity contribution in [1.82, 2.24) is 4.98 Å². The van der Waals surface area contributed by atoms with Gasteiger partial charge >= 0.3 is 0 Å². The quantitative estimate of drug-likeness (QED) is 0.775. The normalized spacial score (nSPS) is 11.0. The summed E-state index contributed by atoms with van der Waals surface area (Å²) in [7, 11) is 0. The van der Waals surface area contributed by atoms with E-state index in [9.17, 15) is 4.39 Å². The Balaban J connectivity index is 1.81. The Kier molecular flexibility index (Phi) is 3.05. The topological polar surface area (TPSA) is 38.1 Å². The third kappa shape index (κ3) is 2.26. The largest absolute Gasteiger partial charge is 0.424 e. The molecule has 0 radical (unpaired) electrons. The van der Waals surface area contributed by atoms with Gasteiger partial charge in [-0.25, -0.2) is 4.39 Å². The molecule has 3 rings (SSSR count). The summed E-state index contributed by atoms with van der Waals surface area (Å²) in [5.41, 5.74) is 1.09. The number of aromatic nitrogens is 1. The van der Waals surface area contributed by atoms with Crippen LogP contribution >= 0.6 is 27.3 Å². The van der Waals surface area contributed by atoms with Crippen LogP contribution in [0, 0.1) is 5.82 Å². The molecule has 0 bridgehead atoms. The second kappa shape index (κ2) is 4.70. The molecular formula is C12H8BrFN2OS. The minimum atomic E-state index is -0.316. The van der Waals surface area contributed by atoms with Crippen LogP contribution in [-0.2, 0) is 6.54 Å². The predicted molar refractivity (Wildman–Crippen MR) is 73.3 cm³/mol. The van der Waals surface area contributed by atoms with E-state index in [4.69, 9.17) is 4.42 Å². The van der Waals surface area contributed by atoms with Gasteiger partial charge in [-0.15, -0.1) is 11.3 Å². The van der Waals surface area contributed by atoms with Crippen LogP contribution in [0.1, 0.15) is 4.88 Å². The molecule has 0 aliphatic rings. The van der Waals surface area contributed by atoms with E-state index in [-0.39, 0.29) is 5.82 Å². The Hall–Kier alpha value is -1.40. The monoisotopic (exact) mass is 326 g/mol. The smallest absolute Gasteiger partial charge is 0.295 e. The number of fused-ring (bicyclic) bond motifs is 1. The van der Waals surface area contributed by atoms with Gasteiger partial charge in [-0.2, -0.15) is 4.98 Å². The van der Waals surface area contributed by atoms with Crippen LogP contribution in [-0.4, -0.2) is 4.98 Å². The SMILES string of the molecule is Fc1ccc2oc(NCc3sccc3Br)nc2c1. The second-order valence-electron chi connectivity index (χ2n) is 3.68. The van der Waals surface area contributed by atoms with Gasteiger partial charge in [0.25, 0.3) is 6.01 Å². The van der Waals surface area contributed by atoms with Gasteiger partial charge in [0.15, 0.2) is 5.58 Å². The molecule has 0 unspecified atom stereocenters. The fourth-order valence-electron chi connectivity index (χ4n) is 1.58. The molecule has 2 heterocycles. The number of hydrogen-bond acceptors (Lipinski definition) is 4. The molecule has 0 aliphatic carbocycles. The summed E-state index contributed by atoms with van der Waals surface area (Å²) in [6, 6.07) is 6.67. The molecule has 2 aromatic heterocycles. The standard InChI is InChI=1S/C12H8BrFN2OS/c13-8-3-4-18-11(8)6-15-12-16-9-5-7(14)1-2-10(9)17-12/h1-5H,6H2,(H,15,16). The van der Waals surface area contributed by atoms with Gasteiger partial charge in [-0.1, -0.05) is 0 Å². The number of benzene rings is 1. The lowest BCUT2D eigenvalue weighted by Crippen LogP contribution is -1.97. The highest BCUT2D eigenvalue weighted by atomic mass is 79.9. The van der Waals surface area contributed by atoms with Gasteiger partial charge in [0.1, 0.15) is 11.3 Å². The van der Waals surface area contributed by atoms with Crippen molar-refractivity contribution in [2.24, 2.45) is 0 Å². The molecule has 0 aliphatic heterocycles. The molecule has 18 heavy (non-hydrogen) atoms. The highest BCUT2D eigenvalue weighted by Gasteiger charge is 2.07. The number of nitrogens with zero attached hydrogens (tertiary/aromatic N) is 1. The summed E-state index contributed by atoms with van der Waals surface area (Å²) in [5.74, 6) is -0.316. The van der Waals surface area contributed by atoms with Crippen molar-refractivity contribution in [3.63, 3.8) is 0 Å². The fourth-order valence-corrected chi connectivity index (χ4v) is 3.02. The Morgan fingerprint density at radius 1 is 1.39 bits per heavy atom. The van der Waals surface area contributed by atoms with E-state index in [1.54, 1.807) is 17.4 Å². The number of anilines is 1. The molecule has 0 fully saturated rings. The van der Waals surface area contributed by atoms with E-state index in [1.165, 1.54) is 12.1 Å². The molecule has 0 amide bonds. The van der Waals surface area contributed by atoms with E-state index >= 15 is 0 Å². The molecule has 3 nitrogen and oxygen atoms in total. The van der Waals surface area contributed by atoms with Crippen molar-refractivity contribution in [1.29, 1.82) is 0 Å². The molecular weight excluding hydrogens is 319 g/mol. The summed E-state index contributed by atoms with van der Waals surface area (Å²) < 4.78 is 19.5. The molecule has 6 heteroatoms. The van der Waals surface area contributed by atoms with Gasteiger partial charge in [-0.3, -0.25) is 0 Å². The van der Waals surface area contributed by atoms with Gasteiger partial charge in [0.05, 0.1) is 6.54 Å². The Bertz CT molecular complexity index is 694. The van der Waals surface area contributed by atoms with E-state index in [2.05, 4.69) is 26.2 Å². The first-order valence-electron chi connectivity index (χ1n) is 5.24. The number of rotatable bonds is 3. The van der Waals surface area contributed by atoms with Crippen LogP contribution in [0.3, 0.4) is 0 Å². The van der Waals surface area contributed by atoms with Gasteiger partial charge < -0.3 is 9.73 Å². The molecule has 0 atom stereocenters. The lowest BCUT2D eigenvalue weighted by atomic mass is 10.3. The number of nitrogens with one attached hydrogen (secondary N) is 1. The zero-order valence-corrected chi connectivity index (χ0v) is 11.5. The lowest BCUT2D eigenvalue weighted by molar-refractivity contribution is 0.610. The van der Waals surface area contributed by atoms with Crippen LogP contribution in [0.2, 0.25) is 0 Å². The summed E-state index contributed by atoms with van der Waals surface area (Å²) >= 11 is 5.09. The first-order chi connectivity index (χ1) is 8.72. The Labute approximate surface area is 115 Å². The summed E-state index contributed by atoms with van der Waals surface area (Å²) in [6.45, 7) is 0.619. The maximum absolute atomic E-state index is 13.0. The van der Waals surface area contributed by atoms with E-state index in [1.807, 2.05) is 11.4 Å². The molecule has 0 saturated carbocycles. The number of oxazole rings is 1. The van der Waals surface area contributed by atoms with Crippen molar-refractivity contribution < 1.29 is 8.81 Å². The molecule has 0 spiro atoms. The van der Waals surface area contributed by atoms with Gasteiger partial charge in [0.2, 0.25) is 0 Å². The minimum Gasteiger partial charge on any atom is -0.424 e. The van der Waals surface area contributed by atoms with Crippen LogP contribution < -0.4 is 5.32 Å². The summed E-state index contributed by atoms with van der Waals surface area (Å²) in [4.78, 5) is 5.33. The molecule has 1 N–H and O–H groups in total. The third-order valence-corrected chi connectivity index (χ3v) is 4.37. The summed E-state index contributed by atoms with van der Waals surface area (Å²) in [5, 5.41) is 5.08. The average molecular weight is 327 g/mol. The molecule has 0 saturated heterocycles. The van der Waals surface area contributed by atoms with Crippen LogP contribution in [0.4, 0.5) is 10.4 Å². The highest BCUT2D eigenvalue weighted by molar-refractivity contribution is 9.10. The highest BCUT2D eigenvalue weighted by Crippen LogP contribution is 2.25. The van der Waals surface area contributed by atoms with E-state index < -0.39 is 0 Å². The Morgan fingerprint density at radius 2 is 2.28 bits per heavy atom. The van der Waals surface area contributed by atoms with Crippen molar-refractivity contribution in [2.75, 3.05) is 5.32 Å². The van der Waals surface area contributed by atoms with Crippen LogP contribution in [0.15, 0.2) is 38.5 Å². The predicted octanol–water partition coefficient (Wildman–Crippen LogP) is 4.40. The number of hydrogen-bond donors (Lipinski definition) is 1. The van der Waals surface area contributed by atoms with E-state index in [0.29, 0.717) is 23.7 Å². The maximum Gasteiger partial charge on any atom is 0.295 e. The van der Waals surface area contributed by atoms with Crippen LogP contribution in [0.25, 0.3) is 11.1 Å². The van der Waals surface area contributed by atoms with Crippen molar-refractivity contribution in [3.05, 3.63) is 44.8 Å². The van der Waals surface area contributed by atoms with Gasteiger partial charge in [-0.05, 0) is 39.5 Å². The third-order valence-electron chi connectivity index (χ3n) is 2.44. The van der Waals surface area contributed by atoms with Crippen molar-refractivity contribution in [2.45, 2.75) is 6.54 Å². The van der Waals surface area contributed by atoms with Crippen molar-refractivity contribution in [3.8, 4) is 0 Å². The average Bonchev–Trinajstić information content (AvgIpc) is 2.92. The first kappa shape index (κ1) is 11.7. The fraction of sp³-hybridized carbons (Fsp3) is 0.0833. The zero-order valence-electron chi connectivity index (χ0n) is 9.11. The lowest BCUT2D eigenvalue weighted by Gasteiger charge is -1.98. The Morgan fingerprint density at radius 3 is 3.06 bits per heavy atom. The summed E-state index contributed by atoms with van der Waals surface area (Å²) in [6.07, 6.45) is 0. The van der Waals surface area contributed by atoms with Gasteiger partial charge in [0, 0.05) is 15.4 Å². The molecule has 1 aromatic carbocycles. The zero-order chi connectivity index (χ0) is 12.5. The first-order valence-corrected chi connectivity index (χ1v) is 6.91. The molecule has 3 aromatic rings. The van der Waals surface area contributed by atoms with Crippen molar-refractivity contribution >= 4 is 44.4 Å².